The van der Waals surface area contributed by atoms with Gasteiger partial charge in [-0.05, 0) is 52.2 Å². The first-order valence-corrected chi connectivity index (χ1v) is 7.66. The molecule has 4 nitrogen and oxygen atoms in total. The zero-order valence-electron chi connectivity index (χ0n) is 12.9. The zero-order chi connectivity index (χ0) is 14.8. The molecule has 2 aromatic rings. The Bertz CT molecular complexity index is 615. The Kier molecular flexibility index (Phi) is 4.08. The van der Waals surface area contributed by atoms with Crippen molar-refractivity contribution in [2.24, 2.45) is 0 Å². The lowest BCUT2D eigenvalue weighted by Crippen LogP contribution is -2.41. The number of fused-ring (bicyclic) bond motifs is 1. The number of likely N-dealkylation sites (tertiary alicyclic amines) is 1. The van der Waals surface area contributed by atoms with Gasteiger partial charge in [-0.15, -0.1) is 0 Å². The van der Waals surface area contributed by atoms with Crippen molar-refractivity contribution in [1.29, 1.82) is 0 Å². The molecule has 1 fully saturated rings. The first-order valence-electron chi connectivity index (χ1n) is 7.66. The summed E-state index contributed by atoms with van der Waals surface area (Å²) in [7, 11) is 4.34. The molecule has 0 atom stereocenters. The predicted molar refractivity (Wildman–Crippen MR) is 88.1 cm³/mol. The van der Waals surface area contributed by atoms with Crippen LogP contribution in [0.5, 0.6) is 0 Å². The quantitative estimate of drug-likeness (QED) is 0.939. The number of nitrogens with two attached hydrogens (primary N) is 1. The minimum Gasteiger partial charge on any atom is -0.383 e. The molecule has 0 amide bonds. The zero-order valence-corrected chi connectivity index (χ0v) is 12.9. The second-order valence-corrected chi connectivity index (χ2v) is 6.20. The van der Waals surface area contributed by atoms with Crippen LogP contribution in [0.3, 0.4) is 0 Å². The number of nitrogen functional groups attached to an aromatic ring is 1. The van der Waals surface area contributed by atoms with Gasteiger partial charge in [-0.2, -0.15) is 0 Å². The number of para-hydroxylation sites is 1. The van der Waals surface area contributed by atoms with Gasteiger partial charge in [0, 0.05) is 23.5 Å². The van der Waals surface area contributed by atoms with Crippen LogP contribution in [0.1, 0.15) is 18.4 Å². The molecule has 112 valence electrons. The summed E-state index contributed by atoms with van der Waals surface area (Å²) >= 11 is 0. The molecule has 0 radical (unpaired) electrons. The van der Waals surface area contributed by atoms with Crippen molar-refractivity contribution in [2.45, 2.75) is 25.4 Å². The third-order valence-corrected chi connectivity index (χ3v) is 4.52. The van der Waals surface area contributed by atoms with E-state index >= 15 is 0 Å². The summed E-state index contributed by atoms with van der Waals surface area (Å²) in [6.45, 7) is 3.17. The van der Waals surface area contributed by atoms with Crippen LogP contribution in [0.15, 0.2) is 30.3 Å². The van der Waals surface area contributed by atoms with Crippen LogP contribution in [-0.4, -0.2) is 48.0 Å². The maximum Gasteiger partial charge on any atom is 0.128 e. The van der Waals surface area contributed by atoms with Gasteiger partial charge >= 0.3 is 0 Å². The molecule has 1 aromatic heterocycles. The average molecular weight is 284 g/mol. The van der Waals surface area contributed by atoms with Crippen LogP contribution < -0.4 is 5.73 Å². The van der Waals surface area contributed by atoms with Crippen molar-refractivity contribution in [3.63, 3.8) is 0 Å². The first kappa shape index (κ1) is 14.3. The fourth-order valence-electron chi connectivity index (χ4n) is 3.14. The highest BCUT2D eigenvalue weighted by Gasteiger charge is 2.21. The minimum absolute atomic E-state index is 0.670. The van der Waals surface area contributed by atoms with E-state index in [0.717, 1.165) is 30.7 Å². The molecule has 0 aliphatic carbocycles. The number of nitrogens with zero attached hydrogens (tertiary/aromatic N) is 3. The number of hydrogen-bond acceptors (Lipinski definition) is 4. The molecule has 1 aliphatic heterocycles. The summed E-state index contributed by atoms with van der Waals surface area (Å²) < 4.78 is 0. The van der Waals surface area contributed by atoms with E-state index in [1.165, 1.54) is 18.2 Å². The summed E-state index contributed by atoms with van der Waals surface area (Å²) in [6.07, 6.45) is 2.46. The van der Waals surface area contributed by atoms with Crippen LogP contribution in [0.25, 0.3) is 10.9 Å². The van der Waals surface area contributed by atoms with Gasteiger partial charge in [-0.1, -0.05) is 18.2 Å². The second kappa shape index (κ2) is 6.00. The molecular formula is C17H24N4. The summed E-state index contributed by atoms with van der Waals surface area (Å²) in [4.78, 5) is 9.35. The Morgan fingerprint density at radius 3 is 2.67 bits per heavy atom. The number of aromatic nitrogens is 1. The van der Waals surface area contributed by atoms with E-state index < -0.39 is 0 Å². The van der Waals surface area contributed by atoms with Crippen LogP contribution in [-0.2, 0) is 6.54 Å². The van der Waals surface area contributed by atoms with Gasteiger partial charge in [0.05, 0.1) is 5.52 Å². The summed E-state index contributed by atoms with van der Waals surface area (Å²) in [6, 6.07) is 11.1. The van der Waals surface area contributed by atoms with Crippen molar-refractivity contribution in [3.8, 4) is 0 Å². The largest absolute Gasteiger partial charge is 0.383 e. The summed E-state index contributed by atoms with van der Waals surface area (Å²) in [5.74, 6) is 0.670. The Labute approximate surface area is 126 Å². The van der Waals surface area contributed by atoms with Crippen molar-refractivity contribution >= 4 is 16.7 Å². The standard InChI is InChI=1S/C17H24N4/c1-20(2)15-7-9-21(10-8-15)12-14-11-13-5-3-4-6-16(13)19-17(14)18/h3-6,11,15H,7-10,12H2,1-2H3,(H2,18,19). The van der Waals surface area contributed by atoms with Crippen LogP contribution in [0, 0.1) is 0 Å². The van der Waals surface area contributed by atoms with Gasteiger partial charge in [0.1, 0.15) is 5.82 Å². The normalized spacial score (nSPS) is 17.7. The van der Waals surface area contributed by atoms with Gasteiger partial charge in [-0.3, -0.25) is 4.90 Å². The lowest BCUT2D eigenvalue weighted by Gasteiger charge is -2.35. The van der Waals surface area contributed by atoms with E-state index in [-0.39, 0.29) is 0 Å². The molecule has 0 spiro atoms. The average Bonchev–Trinajstić information content (AvgIpc) is 2.48. The Morgan fingerprint density at radius 2 is 1.95 bits per heavy atom. The fourth-order valence-corrected chi connectivity index (χ4v) is 3.14. The van der Waals surface area contributed by atoms with Gasteiger partial charge in [0.2, 0.25) is 0 Å². The van der Waals surface area contributed by atoms with Crippen molar-refractivity contribution in [1.82, 2.24) is 14.8 Å². The molecule has 1 saturated heterocycles. The SMILES string of the molecule is CN(C)C1CCN(Cc2cc3ccccc3nc2N)CC1. The fraction of sp³-hybridized carbons (Fsp3) is 0.471. The predicted octanol–water partition coefficient (Wildman–Crippen LogP) is 2.34. The molecule has 0 unspecified atom stereocenters. The molecular weight excluding hydrogens is 260 g/mol. The molecule has 0 bridgehead atoms. The Morgan fingerprint density at radius 1 is 1.24 bits per heavy atom. The van der Waals surface area contributed by atoms with Gasteiger partial charge < -0.3 is 10.6 Å². The van der Waals surface area contributed by atoms with E-state index in [1.807, 2.05) is 18.2 Å². The highest BCUT2D eigenvalue weighted by Crippen LogP contribution is 2.22. The highest BCUT2D eigenvalue weighted by molar-refractivity contribution is 5.81. The van der Waals surface area contributed by atoms with Crippen LogP contribution in [0.4, 0.5) is 5.82 Å². The van der Waals surface area contributed by atoms with E-state index in [9.17, 15) is 0 Å². The van der Waals surface area contributed by atoms with Crippen LogP contribution >= 0.6 is 0 Å². The first-order chi connectivity index (χ1) is 10.1. The van der Waals surface area contributed by atoms with E-state index in [0.29, 0.717) is 11.9 Å². The molecule has 0 saturated carbocycles. The molecule has 2 heterocycles. The van der Waals surface area contributed by atoms with Crippen molar-refractivity contribution in [2.75, 3.05) is 32.9 Å². The topological polar surface area (TPSA) is 45.4 Å². The smallest absolute Gasteiger partial charge is 0.128 e. The number of pyridine rings is 1. The third-order valence-electron chi connectivity index (χ3n) is 4.52. The number of anilines is 1. The molecule has 2 N–H and O–H groups in total. The lowest BCUT2D eigenvalue weighted by atomic mass is 10.0. The summed E-state index contributed by atoms with van der Waals surface area (Å²) in [5.41, 5.74) is 8.26. The van der Waals surface area contributed by atoms with Gasteiger partial charge in [0.15, 0.2) is 0 Å². The molecule has 4 heteroatoms. The number of piperidine rings is 1. The summed E-state index contributed by atoms with van der Waals surface area (Å²) in [5, 5.41) is 1.17. The minimum atomic E-state index is 0.670. The molecule has 1 aromatic carbocycles. The molecule has 21 heavy (non-hydrogen) atoms. The molecule has 3 rings (SSSR count). The van der Waals surface area contributed by atoms with Crippen molar-refractivity contribution in [3.05, 3.63) is 35.9 Å². The van der Waals surface area contributed by atoms with E-state index in [1.54, 1.807) is 0 Å². The maximum absolute atomic E-state index is 6.13. The number of benzene rings is 1. The van der Waals surface area contributed by atoms with E-state index in [2.05, 4.69) is 41.0 Å². The van der Waals surface area contributed by atoms with Crippen molar-refractivity contribution < 1.29 is 0 Å². The number of hydrogen-bond donors (Lipinski definition) is 1. The lowest BCUT2D eigenvalue weighted by molar-refractivity contribution is 0.140. The Hall–Kier alpha value is -1.65. The third kappa shape index (κ3) is 3.17. The van der Waals surface area contributed by atoms with Gasteiger partial charge in [-0.25, -0.2) is 4.98 Å². The molecule has 1 aliphatic rings. The highest BCUT2D eigenvalue weighted by atomic mass is 15.2. The second-order valence-electron chi connectivity index (χ2n) is 6.20. The monoisotopic (exact) mass is 284 g/mol. The number of rotatable bonds is 3. The van der Waals surface area contributed by atoms with Gasteiger partial charge in [0.25, 0.3) is 0 Å². The van der Waals surface area contributed by atoms with E-state index in [4.69, 9.17) is 5.73 Å². The maximum atomic E-state index is 6.13. The Balaban J connectivity index is 1.72. The van der Waals surface area contributed by atoms with Crippen LogP contribution in [0.2, 0.25) is 0 Å².